The van der Waals surface area contributed by atoms with E-state index in [1.54, 1.807) is 12.1 Å². The minimum atomic E-state index is -1.70. The van der Waals surface area contributed by atoms with Gasteiger partial charge in [-0.15, -0.1) is 0 Å². The van der Waals surface area contributed by atoms with Gasteiger partial charge in [0, 0.05) is 17.7 Å². The first kappa shape index (κ1) is 10.8. The summed E-state index contributed by atoms with van der Waals surface area (Å²) in [4.78, 5) is 22.9. The maximum Gasteiger partial charge on any atom is 0.261 e. The number of fused-ring (bicyclic) bond motifs is 1. The molecular formula is C12H13NO3. The van der Waals surface area contributed by atoms with E-state index in [9.17, 15) is 14.7 Å². The molecule has 1 atom stereocenters. The zero-order valence-corrected chi connectivity index (χ0v) is 9.20. The molecule has 1 aromatic rings. The molecule has 0 saturated carbocycles. The molecule has 0 fully saturated rings. The van der Waals surface area contributed by atoms with Crippen LogP contribution in [-0.4, -0.2) is 16.8 Å². The molecular weight excluding hydrogens is 206 g/mol. The predicted molar refractivity (Wildman–Crippen MR) is 59.0 cm³/mol. The van der Waals surface area contributed by atoms with Crippen molar-refractivity contribution >= 4 is 17.4 Å². The molecule has 0 unspecified atom stereocenters. The van der Waals surface area contributed by atoms with E-state index in [0.29, 0.717) is 11.3 Å². The lowest BCUT2D eigenvalue weighted by atomic mass is 9.87. The maximum absolute atomic E-state index is 11.7. The number of benzene rings is 1. The van der Waals surface area contributed by atoms with Gasteiger partial charge in [-0.3, -0.25) is 9.59 Å². The van der Waals surface area contributed by atoms with Crippen LogP contribution in [0.1, 0.15) is 24.5 Å². The molecule has 0 aliphatic carbocycles. The van der Waals surface area contributed by atoms with Gasteiger partial charge in [0.15, 0.2) is 5.60 Å². The topological polar surface area (TPSA) is 66.4 Å². The van der Waals surface area contributed by atoms with Gasteiger partial charge in [-0.2, -0.15) is 0 Å². The van der Waals surface area contributed by atoms with Gasteiger partial charge in [0.05, 0.1) is 0 Å². The molecule has 2 rings (SSSR count). The number of nitrogens with one attached hydrogen (secondary N) is 1. The highest BCUT2D eigenvalue weighted by Crippen LogP contribution is 2.40. The summed E-state index contributed by atoms with van der Waals surface area (Å²) < 4.78 is 0. The highest BCUT2D eigenvalue weighted by Gasteiger charge is 2.46. The van der Waals surface area contributed by atoms with Crippen LogP contribution in [0.4, 0.5) is 5.69 Å². The van der Waals surface area contributed by atoms with Crippen molar-refractivity contribution in [3.63, 3.8) is 0 Å². The molecule has 4 heteroatoms. The number of rotatable bonds is 2. The fourth-order valence-corrected chi connectivity index (χ4v) is 2.19. The van der Waals surface area contributed by atoms with Gasteiger partial charge in [0.25, 0.3) is 5.91 Å². The van der Waals surface area contributed by atoms with Crippen molar-refractivity contribution in [3.05, 3.63) is 29.3 Å². The quantitative estimate of drug-likeness (QED) is 0.783. The lowest BCUT2D eigenvalue weighted by Crippen LogP contribution is -2.36. The number of hydrogen-bond acceptors (Lipinski definition) is 3. The van der Waals surface area contributed by atoms with Crippen LogP contribution in [0.3, 0.4) is 0 Å². The number of anilines is 1. The Morgan fingerprint density at radius 2 is 2.19 bits per heavy atom. The van der Waals surface area contributed by atoms with E-state index in [0.717, 1.165) is 5.56 Å². The van der Waals surface area contributed by atoms with E-state index in [1.165, 1.54) is 6.92 Å². The van der Waals surface area contributed by atoms with Gasteiger partial charge in [0.1, 0.15) is 5.78 Å². The summed E-state index contributed by atoms with van der Waals surface area (Å²) in [6, 6.07) is 5.33. The Morgan fingerprint density at radius 1 is 1.50 bits per heavy atom. The van der Waals surface area contributed by atoms with Crippen molar-refractivity contribution in [1.29, 1.82) is 0 Å². The summed E-state index contributed by atoms with van der Waals surface area (Å²) in [5, 5.41) is 12.9. The van der Waals surface area contributed by atoms with Crippen molar-refractivity contribution in [2.24, 2.45) is 0 Å². The third-order valence-corrected chi connectivity index (χ3v) is 2.81. The molecule has 2 N–H and O–H groups in total. The van der Waals surface area contributed by atoms with E-state index >= 15 is 0 Å². The number of hydrogen-bond donors (Lipinski definition) is 2. The van der Waals surface area contributed by atoms with Gasteiger partial charge in [-0.1, -0.05) is 12.1 Å². The van der Waals surface area contributed by atoms with Crippen LogP contribution in [-0.2, 0) is 15.2 Å². The standard InChI is InChI=1S/C12H13NO3/c1-7-4-3-5-9-10(7)12(16,6-8(2)14)11(15)13-9/h3-5,16H,6H2,1-2H3,(H,13,15)/t12-/m1/s1. The fourth-order valence-electron chi connectivity index (χ4n) is 2.19. The number of aryl methyl sites for hydroxylation is 1. The molecule has 1 aliphatic heterocycles. The maximum atomic E-state index is 11.7. The van der Waals surface area contributed by atoms with Gasteiger partial charge >= 0.3 is 0 Å². The molecule has 84 valence electrons. The number of Topliss-reactive ketones (excluding diaryl/α,β-unsaturated/α-hetero) is 1. The first-order chi connectivity index (χ1) is 7.45. The second-order valence-corrected chi connectivity index (χ2v) is 4.19. The minimum Gasteiger partial charge on any atom is -0.375 e. The Bertz CT molecular complexity index is 481. The van der Waals surface area contributed by atoms with Crippen molar-refractivity contribution in [2.45, 2.75) is 25.9 Å². The van der Waals surface area contributed by atoms with E-state index in [-0.39, 0.29) is 12.2 Å². The summed E-state index contributed by atoms with van der Waals surface area (Å²) >= 11 is 0. The van der Waals surface area contributed by atoms with Crippen molar-refractivity contribution in [3.8, 4) is 0 Å². The Morgan fingerprint density at radius 3 is 2.81 bits per heavy atom. The Balaban J connectivity index is 2.58. The summed E-state index contributed by atoms with van der Waals surface area (Å²) in [6.07, 6.45) is -0.184. The average Bonchev–Trinajstić information content (AvgIpc) is 2.39. The van der Waals surface area contributed by atoms with Gasteiger partial charge in [0.2, 0.25) is 0 Å². The van der Waals surface area contributed by atoms with Crippen molar-refractivity contribution in [1.82, 2.24) is 0 Å². The van der Waals surface area contributed by atoms with Crippen molar-refractivity contribution in [2.75, 3.05) is 5.32 Å². The average molecular weight is 219 g/mol. The van der Waals surface area contributed by atoms with E-state index < -0.39 is 11.5 Å². The van der Waals surface area contributed by atoms with Crippen LogP contribution in [0.2, 0.25) is 0 Å². The molecule has 4 nitrogen and oxygen atoms in total. The number of carbonyl (C=O) groups excluding carboxylic acids is 2. The zero-order valence-electron chi connectivity index (χ0n) is 9.20. The highest BCUT2D eigenvalue weighted by atomic mass is 16.3. The lowest BCUT2D eigenvalue weighted by Gasteiger charge is -2.20. The SMILES string of the molecule is CC(=O)C[C@]1(O)C(=O)Nc2cccc(C)c21. The first-order valence-corrected chi connectivity index (χ1v) is 5.08. The Kier molecular flexibility index (Phi) is 2.31. The number of ketones is 1. The third kappa shape index (κ3) is 1.42. The summed E-state index contributed by atoms with van der Waals surface area (Å²) in [7, 11) is 0. The van der Waals surface area contributed by atoms with Gasteiger partial charge in [-0.05, 0) is 25.5 Å². The summed E-state index contributed by atoms with van der Waals surface area (Å²) in [5.41, 5.74) is 0.218. The molecule has 1 amide bonds. The van der Waals surface area contributed by atoms with Gasteiger partial charge in [-0.25, -0.2) is 0 Å². The second-order valence-electron chi connectivity index (χ2n) is 4.19. The number of amides is 1. The molecule has 0 spiro atoms. The normalized spacial score (nSPS) is 22.8. The number of aliphatic hydroxyl groups is 1. The molecule has 0 radical (unpaired) electrons. The van der Waals surface area contributed by atoms with Crippen LogP contribution in [0.25, 0.3) is 0 Å². The molecule has 1 aliphatic rings. The molecule has 16 heavy (non-hydrogen) atoms. The smallest absolute Gasteiger partial charge is 0.261 e. The lowest BCUT2D eigenvalue weighted by molar-refractivity contribution is -0.139. The Hall–Kier alpha value is -1.68. The largest absolute Gasteiger partial charge is 0.375 e. The van der Waals surface area contributed by atoms with Gasteiger partial charge < -0.3 is 10.4 Å². The predicted octanol–water partition coefficient (Wildman–Crippen LogP) is 1.11. The van der Waals surface area contributed by atoms with Crippen molar-refractivity contribution < 1.29 is 14.7 Å². The minimum absolute atomic E-state index is 0.184. The molecule has 0 saturated heterocycles. The third-order valence-electron chi connectivity index (χ3n) is 2.81. The number of carbonyl (C=O) groups is 2. The Labute approximate surface area is 93.3 Å². The molecule has 0 bridgehead atoms. The molecule has 1 heterocycles. The summed E-state index contributed by atoms with van der Waals surface area (Å²) in [6.45, 7) is 3.17. The van der Waals surface area contributed by atoms with E-state index in [2.05, 4.69) is 5.32 Å². The molecule has 1 aromatic carbocycles. The zero-order chi connectivity index (χ0) is 11.9. The highest BCUT2D eigenvalue weighted by molar-refractivity contribution is 6.07. The summed E-state index contributed by atoms with van der Waals surface area (Å²) in [5.74, 6) is -0.735. The first-order valence-electron chi connectivity index (χ1n) is 5.08. The second kappa shape index (κ2) is 3.42. The van der Waals surface area contributed by atoms with Crippen LogP contribution < -0.4 is 5.32 Å². The van der Waals surface area contributed by atoms with Crippen LogP contribution in [0.5, 0.6) is 0 Å². The van der Waals surface area contributed by atoms with Crippen LogP contribution in [0.15, 0.2) is 18.2 Å². The fraction of sp³-hybridized carbons (Fsp3) is 0.333. The monoisotopic (exact) mass is 219 g/mol. The van der Waals surface area contributed by atoms with E-state index in [1.807, 2.05) is 13.0 Å². The molecule has 0 aromatic heterocycles. The van der Waals surface area contributed by atoms with Crippen LogP contribution in [0, 0.1) is 6.92 Å². The van der Waals surface area contributed by atoms with E-state index in [4.69, 9.17) is 0 Å². The van der Waals surface area contributed by atoms with Crippen LogP contribution >= 0.6 is 0 Å².